The average Bonchev–Trinajstić information content (AvgIpc) is 3.66. The lowest BCUT2D eigenvalue weighted by Crippen LogP contribution is -2.46. The van der Waals surface area contributed by atoms with E-state index in [-0.39, 0.29) is 7.59 Å². The first-order valence-corrected chi connectivity index (χ1v) is 16.3. The van der Waals surface area contributed by atoms with E-state index in [1.807, 2.05) is 41.0 Å². The number of allylic oxidation sites excluding steroid dienone is 3. The van der Waals surface area contributed by atoms with Crippen LogP contribution in [0.3, 0.4) is 0 Å². The zero-order valence-corrected chi connectivity index (χ0v) is 29.5. The van der Waals surface area contributed by atoms with Crippen molar-refractivity contribution in [2.45, 2.75) is 73.9 Å². The number of hydrogen-bond donors (Lipinski definition) is 2. The molecule has 6 heteroatoms. The van der Waals surface area contributed by atoms with Crippen molar-refractivity contribution in [2.75, 3.05) is 47.9 Å². The minimum atomic E-state index is 0. The summed E-state index contributed by atoms with van der Waals surface area (Å²) in [5.41, 5.74) is 7.23. The molecule has 0 saturated carbocycles. The summed E-state index contributed by atoms with van der Waals surface area (Å²) in [4.78, 5) is 6.74. The monoisotopic (exact) mass is 596 g/mol. The van der Waals surface area contributed by atoms with Crippen molar-refractivity contribution >= 4 is 11.9 Å². The van der Waals surface area contributed by atoms with E-state index in [0.717, 1.165) is 25.2 Å². The Morgan fingerprint density at radius 1 is 1.05 bits per heavy atom. The largest absolute Gasteiger partial charge is 0.388 e. The standard InChI is InChI=1S/C28H37N5.C3H8.C2H6O.2C2H6.H2/c1-5-7-24(18-29-2)26-10-11-27(31-28(26)30-17-21-12-14-32(3)19-21)23-9-6-8-22(16-23)25-13-15-33(4)20-25;2*1-3-2;2*1-2;/h6-11,13,15-16,18,20-21,28,30-31H,5,12,14,17,19H2,1-4H3;3H2,1-2H3;1-2H3;2*1-2H3;1H/b24-7+,29-18?;;;;;/t21-,28?;;;;;/m1...../s1. The number of dihydropyridines is 1. The summed E-state index contributed by atoms with van der Waals surface area (Å²) >= 11 is 0. The van der Waals surface area contributed by atoms with Crippen LogP contribution in [0.15, 0.2) is 77.1 Å². The van der Waals surface area contributed by atoms with Gasteiger partial charge in [-0.15, -0.1) is 0 Å². The lowest BCUT2D eigenvalue weighted by molar-refractivity contribution is 0.277. The molecule has 2 aliphatic rings. The van der Waals surface area contributed by atoms with E-state index < -0.39 is 0 Å². The number of nitrogens with zero attached hydrogens (tertiary/aromatic N) is 3. The third-order valence-corrected chi connectivity index (χ3v) is 6.50. The summed E-state index contributed by atoms with van der Waals surface area (Å²) in [6.07, 6.45) is 16.5. The SMILES string of the molecule is CC.CC.CC/C=C(\C=NC)C1=CC=C(c2cccc(-c3ccn(C)c3)c2)NC1NC[C@H]1CCN(C)C1.CCC.COC.[HH]. The normalized spacial score (nSPS) is 17.9. The average molecular weight is 596 g/mol. The van der Waals surface area contributed by atoms with Gasteiger partial charge in [-0.2, -0.15) is 0 Å². The Hall–Kier alpha value is -2.93. The molecule has 1 saturated heterocycles. The van der Waals surface area contributed by atoms with Crippen LogP contribution >= 0.6 is 0 Å². The molecule has 244 valence electrons. The zero-order chi connectivity index (χ0) is 32.6. The number of hydrogen-bond acceptors (Lipinski definition) is 5. The predicted molar refractivity (Wildman–Crippen MR) is 194 cm³/mol. The molecule has 1 unspecified atom stereocenters. The molecule has 0 spiro atoms. The Morgan fingerprint density at radius 2 is 1.70 bits per heavy atom. The van der Waals surface area contributed by atoms with Gasteiger partial charge in [-0.1, -0.05) is 85.2 Å². The van der Waals surface area contributed by atoms with Crippen LogP contribution in [0.25, 0.3) is 16.8 Å². The molecule has 1 aromatic heterocycles. The number of methoxy groups -OCH3 is 1. The molecule has 4 rings (SSSR count). The van der Waals surface area contributed by atoms with Gasteiger partial charge >= 0.3 is 0 Å². The first kappa shape index (κ1) is 40.1. The highest BCUT2D eigenvalue weighted by molar-refractivity contribution is 5.86. The van der Waals surface area contributed by atoms with Gasteiger partial charge in [0.25, 0.3) is 0 Å². The Balaban J connectivity index is 0. The molecule has 0 radical (unpaired) electrons. The summed E-state index contributed by atoms with van der Waals surface area (Å²) in [5.74, 6) is 0.687. The van der Waals surface area contributed by atoms with Gasteiger partial charge in [0.2, 0.25) is 0 Å². The Bertz CT molecular complexity index is 1120. The number of rotatable bonds is 8. The fourth-order valence-electron chi connectivity index (χ4n) is 4.78. The molecule has 0 amide bonds. The van der Waals surface area contributed by atoms with Crippen molar-refractivity contribution in [1.82, 2.24) is 20.1 Å². The molecule has 1 fully saturated rings. The maximum atomic E-state index is 4.32. The second-order valence-corrected chi connectivity index (χ2v) is 10.3. The van der Waals surface area contributed by atoms with Gasteiger partial charge < -0.3 is 19.5 Å². The Kier molecular flexibility index (Phi) is 22.8. The highest BCUT2D eigenvalue weighted by Crippen LogP contribution is 2.27. The van der Waals surface area contributed by atoms with Crippen LogP contribution in [0.2, 0.25) is 0 Å². The van der Waals surface area contributed by atoms with Crippen LogP contribution in [0.1, 0.15) is 74.7 Å². The van der Waals surface area contributed by atoms with E-state index in [4.69, 9.17) is 0 Å². The first-order valence-electron chi connectivity index (χ1n) is 16.3. The lowest BCUT2D eigenvalue weighted by atomic mass is 9.96. The maximum Gasteiger partial charge on any atom is 0.104 e. The van der Waals surface area contributed by atoms with Crippen LogP contribution < -0.4 is 10.6 Å². The molecule has 2 aliphatic heterocycles. The molecule has 3 heterocycles. The number of nitrogens with one attached hydrogen (secondary N) is 2. The molecule has 2 aromatic rings. The molecule has 2 atom stereocenters. The lowest BCUT2D eigenvalue weighted by Gasteiger charge is -2.30. The maximum absolute atomic E-state index is 4.32. The van der Waals surface area contributed by atoms with Crippen LogP contribution in [0.4, 0.5) is 0 Å². The second-order valence-electron chi connectivity index (χ2n) is 10.3. The van der Waals surface area contributed by atoms with E-state index in [2.05, 4.69) is 126 Å². The summed E-state index contributed by atoms with van der Waals surface area (Å²) in [5, 5.41) is 7.62. The molecule has 6 nitrogen and oxygen atoms in total. The van der Waals surface area contributed by atoms with Crippen LogP contribution in [-0.4, -0.2) is 69.8 Å². The number of aryl methyl sites for hydroxylation is 1. The smallest absolute Gasteiger partial charge is 0.104 e. The predicted octanol–water partition coefficient (Wildman–Crippen LogP) is 8.44. The fraction of sp³-hybridized carbons (Fsp3) is 0.541. The zero-order valence-electron chi connectivity index (χ0n) is 29.5. The Labute approximate surface area is 266 Å². The van der Waals surface area contributed by atoms with Crippen molar-refractivity contribution in [2.24, 2.45) is 18.0 Å². The minimum absolute atomic E-state index is 0. The van der Waals surface area contributed by atoms with Crippen LogP contribution in [0, 0.1) is 5.92 Å². The van der Waals surface area contributed by atoms with Crippen LogP contribution in [-0.2, 0) is 11.8 Å². The summed E-state index contributed by atoms with van der Waals surface area (Å²) < 4.78 is 6.34. The Morgan fingerprint density at radius 3 is 2.23 bits per heavy atom. The molecule has 1 aromatic carbocycles. The van der Waals surface area contributed by atoms with Gasteiger partial charge in [0.1, 0.15) is 6.17 Å². The number of likely N-dealkylation sites (tertiary alicyclic amines) is 1. The van der Waals surface area contributed by atoms with E-state index >= 15 is 0 Å². The van der Waals surface area contributed by atoms with Crippen LogP contribution in [0.5, 0.6) is 0 Å². The third kappa shape index (κ3) is 14.4. The second kappa shape index (κ2) is 24.5. The van der Waals surface area contributed by atoms with Crippen molar-refractivity contribution in [3.63, 3.8) is 0 Å². The minimum Gasteiger partial charge on any atom is -0.388 e. The molecular weight excluding hydrogens is 530 g/mol. The fourth-order valence-corrected chi connectivity index (χ4v) is 4.78. The van der Waals surface area contributed by atoms with E-state index in [1.54, 1.807) is 14.2 Å². The van der Waals surface area contributed by atoms with Gasteiger partial charge in [0.15, 0.2) is 0 Å². The molecular formula is C37H65N5O. The van der Waals surface area contributed by atoms with Gasteiger partial charge in [-0.05, 0) is 78.4 Å². The van der Waals surface area contributed by atoms with Gasteiger partial charge in [0, 0.05) is 67.1 Å². The molecule has 43 heavy (non-hydrogen) atoms. The van der Waals surface area contributed by atoms with Crippen molar-refractivity contribution in [1.29, 1.82) is 0 Å². The summed E-state index contributed by atoms with van der Waals surface area (Å²) in [7, 11) is 9.36. The number of aliphatic imine (C=N–C) groups is 1. The van der Waals surface area contributed by atoms with Gasteiger partial charge in [-0.25, -0.2) is 0 Å². The molecule has 2 N–H and O–H groups in total. The number of ether oxygens (including phenoxy) is 1. The van der Waals surface area contributed by atoms with Crippen molar-refractivity contribution < 1.29 is 6.16 Å². The van der Waals surface area contributed by atoms with Gasteiger partial charge in [0.05, 0.1) is 0 Å². The van der Waals surface area contributed by atoms with E-state index in [1.165, 1.54) is 47.2 Å². The molecule has 0 aliphatic carbocycles. The first-order chi connectivity index (χ1) is 20.9. The third-order valence-electron chi connectivity index (χ3n) is 6.50. The summed E-state index contributed by atoms with van der Waals surface area (Å²) in [6.45, 7) is 17.8. The van der Waals surface area contributed by atoms with Crippen molar-refractivity contribution in [3.8, 4) is 11.1 Å². The number of benzene rings is 1. The topological polar surface area (TPSA) is 53.8 Å². The van der Waals surface area contributed by atoms with Gasteiger partial charge in [-0.3, -0.25) is 10.3 Å². The quantitative estimate of drug-likeness (QED) is 0.301. The van der Waals surface area contributed by atoms with E-state index in [0.29, 0.717) is 5.92 Å². The molecule has 0 bridgehead atoms. The van der Waals surface area contributed by atoms with E-state index in [9.17, 15) is 0 Å². The highest BCUT2D eigenvalue weighted by atomic mass is 16.4. The number of aromatic nitrogens is 1. The summed E-state index contributed by atoms with van der Waals surface area (Å²) in [6, 6.07) is 10.9. The van der Waals surface area contributed by atoms with Crippen molar-refractivity contribution in [3.05, 3.63) is 77.7 Å². The highest BCUT2D eigenvalue weighted by Gasteiger charge is 2.25.